The quantitative estimate of drug-likeness (QED) is 0.754. The average molecular weight is 425 g/mol. The second-order valence-corrected chi connectivity index (χ2v) is 9.88. The first-order chi connectivity index (χ1) is 14.0. The van der Waals surface area contributed by atoms with E-state index < -0.39 is 12.0 Å². The van der Waals surface area contributed by atoms with E-state index in [1.807, 2.05) is 17.9 Å². The van der Waals surface area contributed by atoms with Crippen molar-refractivity contribution in [1.82, 2.24) is 4.90 Å². The van der Waals surface area contributed by atoms with Crippen LogP contribution in [0.1, 0.15) is 69.4 Å². The number of aliphatic hydroxyl groups is 1. The molecule has 1 heterocycles. The second-order valence-electron chi connectivity index (χ2n) is 9.88. The number of aryl methyl sites for hydroxylation is 1. The predicted octanol–water partition coefficient (Wildman–Crippen LogP) is 4.79. The topological polar surface area (TPSA) is 49.8 Å². The van der Waals surface area contributed by atoms with Crippen molar-refractivity contribution in [3.8, 4) is 5.75 Å². The van der Waals surface area contributed by atoms with Gasteiger partial charge in [0.05, 0.1) is 5.60 Å². The number of carbonyl (C=O) groups is 1. The number of hydrogen-bond donors (Lipinski definition) is 1. The Morgan fingerprint density at radius 1 is 1.20 bits per heavy atom. The van der Waals surface area contributed by atoms with Crippen LogP contribution in [-0.4, -0.2) is 41.0 Å². The molecule has 1 aromatic rings. The largest absolute Gasteiger partial charge is 0.573 e. The van der Waals surface area contributed by atoms with Gasteiger partial charge in [-0.05, 0) is 81.0 Å². The van der Waals surface area contributed by atoms with Crippen molar-refractivity contribution >= 4 is 5.91 Å². The van der Waals surface area contributed by atoms with Crippen LogP contribution in [0.4, 0.5) is 13.2 Å². The molecule has 1 aliphatic heterocycles. The van der Waals surface area contributed by atoms with Gasteiger partial charge in [-0.15, -0.1) is 13.2 Å². The van der Waals surface area contributed by atoms with Gasteiger partial charge in [-0.3, -0.25) is 4.79 Å². The molecule has 1 saturated heterocycles. The minimum Gasteiger partial charge on any atom is -0.406 e. The summed E-state index contributed by atoms with van der Waals surface area (Å²) in [5.74, 6) is 0.217. The third-order valence-corrected chi connectivity index (χ3v) is 7.23. The van der Waals surface area contributed by atoms with Gasteiger partial charge in [-0.1, -0.05) is 13.0 Å². The first-order valence-corrected chi connectivity index (χ1v) is 10.9. The number of nitrogens with zero attached hydrogens (tertiary/aromatic N) is 1. The van der Waals surface area contributed by atoms with Crippen molar-refractivity contribution in [3.05, 3.63) is 29.3 Å². The number of likely N-dealkylation sites (tertiary alicyclic amines) is 1. The molecule has 0 radical (unpaired) electrons. The van der Waals surface area contributed by atoms with Gasteiger partial charge in [0.1, 0.15) is 5.75 Å². The zero-order chi connectivity index (χ0) is 21.7. The molecule has 2 aliphatic carbocycles. The summed E-state index contributed by atoms with van der Waals surface area (Å²) in [5, 5.41) is 9.86. The molecule has 2 saturated carbocycles. The third-order valence-electron chi connectivity index (χ3n) is 7.23. The minimum atomic E-state index is -4.68. The lowest BCUT2D eigenvalue weighted by Gasteiger charge is -2.55. The molecule has 4 rings (SSSR count). The number of hydrogen-bond acceptors (Lipinski definition) is 3. The molecular formula is C23H30F3NO3. The maximum absolute atomic E-state index is 12.7. The van der Waals surface area contributed by atoms with E-state index in [1.54, 1.807) is 6.92 Å². The number of ether oxygens (including phenoxy) is 1. The summed E-state index contributed by atoms with van der Waals surface area (Å²) in [6, 6.07) is 5.01. The van der Waals surface area contributed by atoms with Crippen LogP contribution in [0.3, 0.4) is 0 Å². The Kier molecular flexibility index (Phi) is 5.32. The Hall–Kier alpha value is -1.76. The van der Waals surface area contributed by atoms with Crippen molar-refractivity contribution in [2.24, 2.45) is 11.3 Å². The Morgan fingerprint density at radius 3 is 2.37 bits per heavy atom. The van der Waals surface area contributed by atoms with Crippen LogP contribution in [0.2, 0.25) is 0 Å². The summed E-state index contributed by atoms with van der Waals surface area (Å²) in [4.78, 5) is 14.5. The lowest BCUT2D eigenvalue weighted by molar-refractivity contribution is -0.274. The fourth-order valence-corrected chi connectivity index (χ4v) is 5.55. The molecule has 1 spiro atoms. The van der Waals surface area contributed by atoms with Gasteiger partial charge in [-0.25, -0.2) is 0 Å². The monoisotopic (exact) mass is 425 g/mol. The lowest BCUT2D eigenvalue weighted by atomic mass is 9.63. The van der Waals surface area contributed by atoms with Crippen molar-refractivity contribution in [3.63, 3.8) is 0 Å². The molecule has 30 heavy (non-hydrogen) atoms. The van der Waals surface area contributed by atoms with Gasteiger partial charge in [-0.2, -0.15) is 0 Å². The smallest absolute Gasteiger partial charge is 0.406 e. The fourth-order valence-electron chi connectivity index (χ4n) is 5.55. The minimum absolute atomic E-state index is 0.0440. The molecule has 3 aliphatic rings. The number of rotatable bonds is 4. The molecule has 1 aromatic carbocycles. The molecule has 0 aromatic heterocycles. The van der Waals surface area contributed by atoms with Crippen molar-refractivity contribution in [2.45, 2.75) is 76.7 Å². The van der Waals surface area contributed by atoms with E-state index in [0.717, 1.165) is 49.9 Å². The lowest BCUT2D eigenvalue weighted by Crippen LogP contribution is -2.62. The number of halogens is 3. The molecule has 1 N–H and O–H groups in total. The van der Waals surface area contributed by atoms with Crippen LogP contribution in [0, 0.1) is 11.3 Å². The van der Waals surface area contributed by atoms with Gasteiger partial charge in [0.15, 0.2) is 0 Å². The maximum atomic E-state index is 12.7. The Balaban J connectivity index is 1.34. The van der Waals surface area contributed by atoms with Gasteiger partial charge >= 0.3 is 6.36 Å². The average Bonchev–Trinajstić information content (AvgIpc) is 2.62. The normalized spacial score (nSPS) is 28.7. The van der Waals surface area contributed by atoms with Crippen LogP contribution >= 0.6 is 0 Å². The van der Waals surface area contributed by atoms with Crippen LogP contribution in [0.15, 0.2) is 18.2 Å². The Bertz CT molecular complexity index is 796. The van der Waals surface area contributed by atoms with Crippen LogP contribution in [0.5, 0.6) is 5.75 Å². The predicted molar refractivity (Wildman–Crippen MR) is 106 cm³/mol. The highest BCUT2D eigenvalue weighted by Gasteiger charge is 2.51. The third kappa shape index (κ3) is 4.46. The van der Waals surface area contributed by atoms with Gasteiger partial charge < -0.3 is 14.7 Å². The molecule has 7 heteroatoms. The van der Waals surface area contributed by atoms with Gasteiger partial charge in [0.25, 0.3) is 0 Å². The summed E-state index contributed by atoms with van der Waals surface area (Å²) in [5.41, 5.74) is 1.24. The highest BCUT2D eigenvalue weighted by atomic mass is 19.4. The first kappa shape index (κ1) is 21.5. The maximum Gasteiger partial charge on any atom is 0.573 e. The highest BCUT2D eigenvalue weighted by Crippen LogP contribution is 2.50. The first-order valence-electron chi connectivity index (χ1n) is 10.9. The Morgan fingerprint density at radius 2 is 1.83 bits per heavy atom. The van der Waals surface area contributed by atoms with Crippen molar-refractivity contribution < 1.29 is 27.8 Å². The standard InChI is InChI=1S/C23H30F3NO3/c1-3-15-8-17(10-19(9-15)30-23(24,25)26)16-4-6-22(7-5-16)13-27(14-22)20(28)18-11-21(2,29)12-18/h8-10,16,18,29H,3-7,11-14H2,1-2H3. The van der Waals surface area contributed by atoms with E-state index in [9.17, 15) is 23.1 Å². The summed E-state index contributed by atoms with van der Waals surface area (Å²) in [6.07, 6.45) is 0.865. The molecule has 166 valence electrons. The second kappa shape index (κ2) is 7.43. The van der Waals surface area contributed by atoms with Crippen molar-refractivity contribution in [1.29, 1.82) is 0 Å². The molecule has 4 nitrogen and oxygen atoms in total. The number of benzene rings is 1. The van der Waals surface area contributed by atoms with Gasteiger partial charge in [0, 0.05) is 24.4 Å². The number of carbonyl (C=O) groups excluding carboxylic acids is 1. The molecule has 1 amide bonds. The van der Waals surface area contributed by atoms with E-state index in [0.29, 0.717) is 19.3 Å². The summed E-state index contributed by atoms with van der Waals surface area (Å²) < 4.78 is 42.2. The van der Waals surface area contributed by atoms with Crippen LogP contribution in [0.25, 0.3) is 0 Å². The van der Waals surface area contributed by atoms with Gasteiger partial charge in [0.2, 0.25) is 5.91 Å². The summed E-state index contributed by atoms with van der Waals surface area (Å²) in [7, 11) is 0. The molecule has 3 fully saturated rings. The van der Waals surface area contributed by atoms with Crippen LogP contribution < -0.4 is 4.74 Å². The van der Waals surface area contributed by atoms with E-state index in [1.165, 1.54) is 12.1 Å². The highest BCUT2D eigenvalue weighted by molar-refractivity contribution is 5.81. The molecule has 0 atom stereocenters. The zero-order valence-corrected chi connectivity index (χ0v) is 17.6. The van der Waals surface area contributed by atoms with Crippen LogP contribution in [-0.2, 0) is 11.2 Å². The number of amides is 1. The molecular weight excluding hydrogens is 395 g/mol. The SMILES string of the molecule is CCc1cc(OC(F)(F)F)cc(C2CCC3(CC2)CN(C(=O)C2CC(C)(O)C2)C3)c1. The fraction of sp³-hybridized carbons (Fsp3) is 0.696. The zero-order valence-electron chi connectivity index (χ0n) is 17.6. The molecule has 0 bridgehead atoms. The van der Waals surface area contributed by atoms with E-state index >= 15 is 0 Å². The van der Waals surface area contributed by atoms with E-state index in [4.69, 9.17) is 0 Å². The van der Waals surface area contributed by atoms with E-state index in [2.05, 4.69) is 4.74 Å². The van der Waals surface area contributed by atoms with Crippen molar-refractivity contribution in [2.75, 3.05) is 13.1 Å². The number of alkyl halides is 3. The molecule has 0 unspecified atom stereocenters. The van der Waals surface area contributed by atoms with E-state index in [-0.39, 0.29) is 28.9 Å². The Labute approximate surface area is 175 Å². The summed E-state index contributed by atoms with van der Waals surface area (Å²) in [6.45, 7) is 5.24. The summed E-state index contributed by atoms with van der Waals surface area (Å²) >= 11 is 0.